The van der Waals surface area contributed by atoms with Gasteiger partial charge in [-0.1, -0.05) is 0 Å². The van der Waals surface area contributed by atoms with Crippen LogP contribution < -0.4 is 4.74 Å². The van der Waals surface area contributed by atoms with Crippen molar-refractivity contribution in [2.24, 2.45) is 0 Å². The summed E-state index contributed by atoms with van der Waals surface area (Å²) >= 11 is 0. The molecule has 0 N–H and O–H groups in total. The molecule has 0 aliphatic heterocycles. The van der Waals surface area contributed by atoms with Crippen LogP contribution in [0.3, 0.4) is 0 Å². The Morgan fingerprint density at radius 2 is 2.07 bits per heavy atom. The lowest BCUT2D eigenvalue weighted by Gasteiger charge is -2.11. The third-order valence-electron chi connectivity index (χ3n) is 1.77. The minimum absolute atomic E-state index is 0.0378. The average Bonchev–Trinajstić information content (AvgIpc) is 2.01. The predicted octanol–water partition coefficient (Wildman–Crippen LogP) is 2.36. The van der Waals surface area contributed by atoms with Crippen molar-refractivity contribution in [1.82, 2.24) is 4.98 Å². The van der Waals surface area contributed by atoms with E-state index in [-0.39, 0.29) is 6.10 Å². The van der Waals surface area contributed by atoms with Crippen LogP contribution in [-0.4, -0.2) is 11.1 Å². The Hall–Kier alpha value is -1.56. The number of nitrogens with zero attached hydrogens (tertiary/aromatic N) is 2. The minimum Gasteiger partial charge on any atom is -0.474 e. The lowest BCUT2D eigenvalue weighted by atomic mass is 10.1. The van der Waals surface area contributed by atoms with Gasteiger partial charge in [-0.05, 0) is 39.3 Å². The second kappa shape index (κ2) is 4.10. The van der Waals surface area contributed by atoms with Gasteiger partial charge in [0.1, 0.15) is 11.6 Å². The molecule has 0 saturated heterocycles. The highest BCUT2D eigenvalue weighted by Crippen LogP contribution is 2.20. The molecule has 3 nitrogen and oxygen atoms in total. The first kappa shape index (κ1) is 10.5. The standard InChI is InChI=1S/C11H14N2O/c1-7(2)14-11-10(6-12)8(3)5-9(4)13-11/h5,7H,1-4H3. The van der Waals surface area contributed by atoms with Crippen molar-refractivity contribution in [2.45, 2.75) is 33.8 Å². The molecule has 0 aliphatic rings. The molecule has 1 aromatic heterocycles. The van der Waals surface area contributed by atoms with Crippen LogP contribution >= 0.6 is 0 Å². The van der Waals surface area contributed by atoms with E-state index in [1.54, 1.807) is 0 Å². The molecule has 1 aromatic rings. The largest absolute Gasteiger partial charge is 0.474 e. The zero-order valence-electron chi connectivity index (χ0n) is 8.96. The van der Waals surface area contributed by atoms with E-state index in [4.69, 9.17) is 10.00 Å². The van der Waals surface area contributed by atoms with Crippen LogP contribution in [0.15, 0.2) is 6.07 Å². The molecule has 0 bridgehead atoms. The number of pyridine rings is 1. The molecule has 0 atom stereocenters. The van der Waals surface area contributed by atoms with E-state index in [2.05, 4.69) is 11.1 Å². The third-order valence-corrected chi connectivity index (χ3v) is 1.77. The Morgan fingerprint density at radius 1 is 1.43 bits per heavy atom. The SMILES string of the molecule is Cc1cc(C)c(C#N)c(OC(C)C)n1. The topological polar surface area (TPSA) is 45.9 Å². The summed E-state index contributed by atoms with van der Waals surface area (Å²) in [7, 11) is 0. The highest BCUT2D eigenvalue weighted by Gasteiger charge is 2.10. The molecule has 0 spiro atoms. The maximum absolute atomic E-state index is 8.93. The smallest absolute Gasteiger partial charge is 0.232 e. The molecule has 1 heterocycles. The van der Waals surface area contributed by atoms with Crippen LogP contribution in [-0.2, 0) is 0 Å². The van der Waals surface area contributed by atoms with E-state index < -0.39 is 0 Å². The minimum atomic E-state index is 0.0378. The number of rotatable bonds is 2. The molecule has 1 rings (SSSR count). The molecule has 0 saturated carbocycles. The van der Waals surface area contributed by atoms with Gasteiger partial charge in [0.25, 0.3) is 0 Å². The van der Waals surface area contributed by atoms with Crippen molar-refractivity contribution in [2.75, 3.05) is 0 Å². The van der Waals surface area contributed by atoms with Crippen LogP contribution in [0.2, 0.25) is 0 Å². The van der Waals surface area contributed by atoms with Gasteiger partial charge in [-0.2, -0.15) is 5.26 Å². The Kier molecular flexibility index (Phi) is 3.08. The molecule has 74 valence electrons. The normalized spacial score (nSPS) is 10.0. The van der Waals surface area contributed by atoms with E-state index in [0.717, 1.165) is 11.3 Å². The fourth-order valence-electron chi connectivity index (χ4n) is 1.25. The Balaban J connectivity index is 3.20. The first-order valence-electron chi connectivity index (χ1n) is 4.59. The van der Waals surface area contributed by atoms with Crippen LogP contribution in [0.5, 0.6) is 5.88 Å². The summed E-state index contributed by atoms with van der Waals surface area (Å²) in [6, 6.07) is 3.99. The number of aromatic nitrogens is 1. The van der Waals surface area contributed by atoms with Gasteiger partial charge >= 0.3 is 0 Å². The Morgan fingerprint density at radius 3 is 2.57 bits per heavy atom. The second-order valence-electron chi connectivity index (χ2n) is 3.54. The van der Waals surface area contributed by atoms with Gasteiger partial charge in [-0.25, -0.2) is 4.98 Å². The highest BCUT2D eigenvalue weighted by atomic mass is 16.5. The summed E-state index contributed by atoms with van der Waals surface area (Å²) in [6.07, 6.45) is 0.0378. The molecular formula is C11H14N2O. The molecule has 0 aromatic carbocycles. The van der Waals surface area contributed by atoms with E-state index in [1.165, 1.54) is 0 Å². The zero-order valence-corrected chi connectivity index (χ0v) is 8.96. The number of hydrogen-bond acceptors (Lipinski definition) is 3. The van der Waals surface area contributed by atoms with Gasteiger partial charge in [0.05, 0.1) is 6.10 Å². The van der Waals surface area contributed by atoms with Gasteiger partial charge in [-0.3, -0.25) is 0 Å². The summed E-state index contributed by atoms with van der Waals surface area (Å²) < 4.78 is 5.46. The van der Waals surface area contributed by atoms with E-state index >= 15 is 0 Å². The molecule has 0 fully saturated rings. The van der Waals surface area contributed by atoms with Gasteiger partial charge < -0.3 is 4.74 Å². The van der Waals surface area contributed by atoms with Crippen molar-refractivity contribution in [3.05, 3.63) is 22.9 Å². The fraction of sp³-hybridized carbons (Fsp3) is 0.455. The van der Waals surface area contributed by atoms with E-state index in [0.29, 0.717) is 11.4 Å². The number of hydrogen-bond donors (Lipinski definition) is 0. The van der Waals surface area contributed by atoms with Crippen LogP contribution in [0, 0.1) is 25.2 Å². The summed E-state index contributed by atoms with van der Waals surface area (Å²) in [5.41, 5.74) is 2.32. The monoisotopic (exact) mass is 190 g/mol. The molecule has 0 unspecified atom stereocenters. The summed E-state index contributed by atoms with van der Waals surface area (Å²) in [5, 5.41) is 8.93. The van der Waals surface area contributed by atoms with Crippen molar-refractivity contribution in [3.8, 4) is 11.9 Å². The van der Waals surface area contributed by atoms with Gasteiger partial charge in [-0.15, -0.1) is 0 Å². The van der Waals surface area contributed by atoms with Crippen molar-refractivity contribution in [1.29, 1.82) is 5.26 Å². The molecule has 0 radical (unpaired) electrons. The first-order valence-corrected chi connectivity index (χ1v) is 4.59. The highest BCUT2D eigenvalue weighted by molar-refractivity contribution is 5.45. The predicted molar refractivity (Wildman–Crippen MR) is 54.2 cm³/mol. The maximum atomic E-state index is 8.93. The first-order chi connectivity index (χ1) is 6.54. The Bertz CT molecular complexity index is 378. The zero-order chi connectivity index (χ0) is 10.7. The average molecular weight is 190 g/mol. The maximum Gasteiger partial charge on any atom is 0.232 e. The van der Waals surface area contributed by atoms with Crippen LogP contribution in [0.1, 0.15) is 30.7 Å². The number of nitriles is 1. The molecular weight excluding hydrogens is 176 g/mol. The summed E-state index contributed by atoms with van der Waals surface area (Å²) in [6.45, 7) is 7.61. The summed E-state index contributed by atoms with van der Waals surface area (Å²) in [4.78, 5) is 4.20. The number of aryl methyl sites for hydroxylation is 2. The lowest BCUT2D eigenvalue weighted by Crippen LogP contribution is -2.09. The van der Waals surface area contributed by atoms with Crippen LogP contribution in [0.4, 0.5) is 0 Å². The molecule has 14 heavy (non-hydrogen) atoms. The Labute approximate surface area is 84.3 Å². The van der Waals surface area contributed by atoms with Crippen molar-refractivity contribution >= 4 is 0 Å². The van der Waals surface area contributed by atoms with Gasteiger partial charge in [0.15, 0.2) is 0 Å². The molecule has 3 heteroatoms. The van der Waals surface area contributed by atoms with Gasteiger partial charge in [0.2, 0.25) is 5.88 Å². The lowest BCUT2D eigenvalue weighted by molar-refractivity contribution is 0.231. The second-order valence-corrected chi connectivity index (χ2v) is 3.54. The molecule has 0 amide bonds. The summed E-state index contributed by atoms with van der Waals surface area (Å²) in [5.74, 6) is 0.444. The van der Waals surface area contributed by atoms with Gasteiger partial charge in [0, 0.05) is 5.69 Å². The van der Waals surface area contributed by atoms with Crippen LogP contribution in [0.25, 0.3) is 0 Å². The van der Waals surface area contributed by atoms with Crippen molar-refractivity contribution in [3.63, 3.8) is 0 Å². The quantitative estimate of drug-likeness (QED) is 0.719. The van der Waals surface area contributed by atoms with E-state index in [1.807, 2.05) is 33.8 Å². The molecule has 0 aliphatic carbocycles. The van der Waals surface area contributed by atoms with E-state index in [9.17, 15) is 0 Å². The number of ether oxygens (including phenoxy) is 1. The fourth-order valence-corrected chi connectivity index (χ4v) is 1.25. The third kappa shape index (κ3) is 2.23. The van der Waals surface area contributed by atoms with Crippen molar-refractivity contribution < 1.29 is 4.74 Å².